The van der Waals surface area contributed by atoms with Gasteiger partial charge in [0.15, 0.2) is 0 Å². The molecular formula is C15H13NO5. The van der Waals surface area contributed by atoms with E-state index in [9.17, 15) is 9.59 Å². The Kier molecular flexibility index (Phi) is 4.40. The zero-order chi connectivity index (χ0) is 15.2. The van der Waals surface area contributed by atoms with E-state index in [0.29, 0.717) is 11.5 Å². The van der Waals surface area contributed by atoms with Crippen LogP contribution < -0.4 is 10.1 Å². The number of furan rings is 1. The van der Waals surface area contributed by atoms with Crippen molar-refractivity contribution in [1.29, 1.82) is 0 Å². The van der Waals surface area contributed by atoms with Gasteiger partial charge in [0.05, 0.1) is 24.6 Å². The van der Waals surface area contributed by atoms with E-state index >= 15 is 0 Å². The molecular weight excluding hydrogens is 274 g/mol. The van der Waals surface area contributed by atoms with Gasteiger partial charge in [-0.05, 0) is 36.4 Å². The fourth-order valence-corrected chi connectivity index (χ4v) is 1.65. The molecule has 2 N–H and O–H groups in total. The van der Waals surface area contributed by atoms with Gasteiger partial charge in [-0.1, -0.05) is 0 Å². The molecule has 0 saturated heterocycles. The van der Waals surface area contributed by atoms with Crippen LogP contribution in [-0.2, 0) is 4.79 Å². The quantitative estimate of drug-likeness (QED) is 0.825. The second-order valence-electron chi connectivity index (χ2n) is 4.05. The van der Waals surface area contributed by atoms with E-state index in [1.807, 2.05) is 0 Å². The van der Waals surface area contributed by atoms with Gasteiger partial charge < -0.3 is 19.6 Å². The topological polar surface area (TPSA) is 88.8 Å². The van der Waals surface area contributed by atoms with Crippen molar-refractivity contribution in [3.63, 3.8) is 0 Å². The first kappa shape index (κ1) is 14.4. The van der Waals surface area contributed by atoms with Crippen LogP contribution in [0.1, 0.15) is 16.1 Å². The maximum Gasteiger partial charge on any atom is 0.337 e. The van der Waals surface area contributed by atoms with Crippen molar-refractivity contribution in [2.75, 3.05) is 12.4 Å². The number of aromatic carboxylic acids is 1. The van der Waals surface area contributed by atoms with Gasteiger partial charge >= 0.3 is 5.97 Å². The lowest BCUT2D eigenvalue weighted by Crippen LogP contribution is -2.12. The number of nitrogens with one attached hydrogen (secondary N) is 1. The lowest BCUT2D eigenvalue weighted by Gasteiger charge is -2.08. The molecule has 1 heterocycles. The highest BCUT2D eigenvalue weighted by Gasteiger charge is 2.12. The van der Waals surface area contributed by atoms with E-state index in [0.717, 1.165) is 0 Å². The maximum absolute atomic E-state index is 11.8. The third-order valence-corrected chi connectivity index (χ3v) is 2.66. The Morgan fingerprint density at radius 1 is 1.33 bits per heavy atom. The van der Waals surface area contributed by atoms with Gasteiger partial charge in [0.1, 0.15) is 11.5 Å². The minimum absolute atomic E-state index is 0.0471. The van der Waals surface area contributed by atoms with Crippen LogP contribution in [0.2, 0.25) is 0 Å². The predicted octanol–water partition coefficient (Wildman–Crippen LogP) is 2.64. The zero-order valence-electron chi connectivity index (χ0n) is 11.2. The molecule has 6 nitrogen and oxygen atoms in total. The number of anilines is 1. The van der Waals surface area contributed by atoms with Crippen LogP contribution in [0, 0.1) is 0 Å². The summed E-state index contributed by atoms with van der Waals surface area (Å²) in [6, 6.07) is 7.77. The highest BCUT2D eigenvalue weighted by atomic mass is 16.5. The van der Waals surface area contributed by atoms with Crippen molar-refractivity contribution in [3.05, 3.63) is 54.0 Å². The minimum Gasteiger partial charge on any atom is -0.497 e. The number of amides is 1. The number of hydrogen-bond acceptors (Lipinski definition) is 4. The van der Waals surface area contributed by atoms with E-state index in [4.69, 9.17) is 14.3 Å². The number of rotatable bonds is 5. The molecule has 0 bridgehead atoms. The van der Waals surface area contributed by atoms with E-state index in [1.54, 1.807) is 18.2 Å². The Labute approximate surface area is 120 Å². The van der Waals surface area contributed by atoms with E-state index in [-0.39, 0.29) is 11.3 Å². The second kappa shape index (κ2) is 6.42. The van der Waals surface area contributed by atoms with Crippen LogP contribution in [0.3, 0.4) is 0 Å². The maximum atomic E-state index is 11.8. The van der Waals surface area contributed by atoms with Gasteiger partial charge in [-0.15, -0.1) is 0 Å². The molecule has 0 saturated carbocycles. The smallest absolute Gasteiger partial charge is 0.337 e. The second-order valence-corrected chi connectivity index (χ2v) is 4.05. The standard InChI is InChI=1S/C15H13NO5/c1-20-11-4-6-13(12(9-11)15(18)19)16-14(17)7-5-10-3-2-8-21-10/h2-9H,1H3,(H,16,17)(H,18,19)/b7-5+. The summed E-state index contributed by atoms with van der Waals surface area (Å²) in [7, 11) is 1.44. The third kappa shape index (κ3) is 3.73. The monoisotopic (exact) mass is 287 g/mol. The minimum atomic E-state index is -1.15. The molecule has 21 heavy (non-hydrogen) atoms. The molecule has 0 atom stereocenters. The Balaban J connectivity index is 2.15. The van der Waals surface area contributed by atoms with Crippen LogP contribution >= 0.6 is 0 Å². The SMILES string of the molecule is COc1ccc(NC(=O)/C=C/c2ccco2)c(C(=O)O)c1. The van der Waals surface area contributed by atoms with Crippen molar-refractivity contribution in [2.24, 2.45) is 0 Å². The summed E-state index contributed by atoms with van der Waals surface area (Å²) >= 11 is 0. The van der Waals surface area contributed by atoms with E-state index in [2.05, 4.69) is 5.32 Å². The average molecular weight is 287 g/mol. The molecule has 0 aliphatic rings. The summed E-state index contributed by atoms with van der Waals surface area (Å²) in [5.74, 6) is -0.687. The summed E-state index contributed by atoms with van der Waals surface area (Å²) in [6.45, 7) is 0. The van der Waals surface area contributed by atoms with Gasteiger partial charge in [0.25, 0.3) is 0 Å². The molecule has 1 amide bonds. The van der Waals surface area contributed by atoms with Crippen molar-refractivity contribution in [2.45, 2.75) is 0 Å². The summed E-state index contributed by atoms with van der Waals surface area (Å²) < 4.78 is 10.0. The molecule has 108 valence electrons. The number of methoxy groups -OCH3 is 1. The Morgan fingerprint density at radius 2 is 2.14 bits per heavy atom. The number of ether oxygens (including phenoxy) is 1. The first-order valence-electron chi connectivity index (χ1n) is 6.04. The molecule has 0 aliphatic heterocycles. The van der Waals surface area contributed by atoms with Gasteiger partial charge in [-0.25, -0.2) is 4.79 Å². The number of benzene rings is 1. The first-order valence-corrected chi connectivity index (χ1v) is 6.04. The predicted molar refractivity (Wildman–Crippen MR) is 76.3 cm³/mol. The van der Waals surface area contributed by atoms with Crippen LogP contribution in [0.25, 0.3) is 6.08 Å². The Bertz CT molecular complexity index is 673. The molecule has 0 radical (unpaired) electrons. The summed E-state index contributed by atoms with van der Waals surface area (Å²) in [6.07, 6.45) is 4.23. The van der Waals surface area contributed by atoms with Crippen molar-refractivity contribution < 1.29 is 23.8 Å². The van der Waals surface area contributed by atoms with Crippen molar-refractivity contribution >= 4 is 23.6 Å². The Morgan fingerprint density at radius 3 is 2.76 bits per heavy atom. The van der Waals surface area contributed by atoms with Crippen LogP contribution in [-0.4, -0.2) is 24.1 Å². The lowest BCUT2D eigenvalue weighted by molar-refractivity contribution is -0.111. The lowest BCUT2D eigenvalue weighted by atomic mass is 10.1. The molecule has 2 aromatic rings. The first-order chi connectivity index (χ1) is 10.1. The van der Waals surface area contributed by atoms with E-state index in [1.165, 1.54) is 37.7 Å². The number of hydrogen-bond donors (Lipinski definition) is 2. The molecule has 1 aromatic carbocycles. The van der Waals surface area contributed by atoms with Gasteiger partial charge in [0, 0.05) is 6.08 Å². The fraction of sp³-hybridized carbons (Fsp3) is 0.0667. The molecule has 0 unspecified atom stereocenters. The number of carbonyl (C=O) groups is 2. The van der Waals surface area contributed by atoms with Crippen LogP contribution in [0.5, 0.6) is 5.75 Å². The number of carboxylic acids is 1. The fourth-order valence-electron chi connectivity index (χ4n) is 1.65. The highest BCUT2D eigenvalue weighted by Crippen LogP contribution is 2.22. The molecule has 0 spiro atoms. The summed E-state index contributed by atoms with van der Waals surface area (Å²) in [5, 5.41) is 11.6. The zero-order valence-corrected chi connectivity index (χ0v) is 11.2. The van der Waals surface area contributed by atoms with Crippen LogP contribution in [0.15, 0.2) is 47.1 Å². The molecule has 1 aromatic heterocycles. The van der Waals surface area contributed by atoms with Crippen molar-refractivity contribution in [1.82, 2.24) is 0 Å². The van der Waals surface area contributed by atoms with Crippen molar-refractivity contribution in [3.8, 4) is 5.75 Å². The van der Waals surface area contributed by atoms with Gasteiger partial charge in [0.2, 0.25) is 5.91 Å². The number of carbonyl (C=O) groups excluding carboxylic acids is 1. The van der Waals surface area contributed by atoms with E-state index < -0.39 is 11.9 Å². The van der Waals surface area contributed by atoms with Gasteiger partial charge in [-0.2, -0.15) is 0 Å². The summed E-state index contributed by atoms with van der Waals surface area (Å²) in [5.41, 5.74) is 0.145. The van der Waals surface area contributed by atoms with Gasteiger partial charge in [-0.3, -0.25) is 4.79 Å². The largest absolute Gasteiger partial charge is 0.497 e. The highest BCUT2D eigenvalue weighted by molar-refractivity contribution is 6.06. The third-order valence-electron chi connectivity index (χ3n) is 2.66. The Hall–Kier alpha value is -3.02. The molecule has 0 aliphatic carbocycles. The van der Waals surface area contributed by atoms with Crippen LogP contribution in [0.4, 0.5) is 5.69 Å². The molecule has 0 fully saturated rings. The number of carboxylic acid groups (broad SMARTS) is 1. The molecule has 6 heteroatoms. The average Bonchev–Trinajstić information content (AvgIpc) is 2.98. The normalized spacial score (nSPS) is 10.5. The summed E-state index contributed by atoms with van der Waals surface area (Å²) in [4.78, 5) is 22.9. The molecule has 2 rings (SSSR count).